The minimum absolute atomic E-state index is 0.305. The molecule has 2 heterocycles. The van der Waals surface area contributed by atoms with Crippen LogP contribution in [0.5, 0.6) is 0 Å². The highest BCUT2D eigenvalue weighted by Crippen LogP contribution is 2.18. The number of hydrogen-bond donors (Lipinski definition) is 0. The highest BCUT2D eigenvalue weighted by Gasteiger charge is 2.16. The molecule has 5 heteroatoms. The van der Waals surface area contributed by atoms with Crippen LogP contribution in [0.4, 0.5) is 0 Å². The maximum atomic E-state index is 5.68. The largest absolute Gasteiger partial charge is 0.378 e. The molecule has 72 valence electrons. The van der Waals surface area contributed by atoms with Crippen LogP contribution in [-0.2, 0) is 11.2 Å². The van der Waals surface area contributed by atoms with Crippen molar-refractivity contribution in [2.75, 3.05) is 6.61 Å². The second-order valence-electron chi connectivity index (χ2n) is 3.16. The average Bonchev–Trinajstić information content (AvgIpc) is 2.53. The van der Waals surface area contributed by atoms with E-state index >= 15 is 0 Å². The SMILES string of the molecule is Clc1nc(CC2CCCCO2)ns1. The van der Waals surface area contributed by atoms with Gasteiger partial charge >= 0.3 is 0 Å². The summed E-state index contributed by atoms with van der Waals surface area (Å²) in [6, 6.07) is 0. The van der Waals surface area contributed by atoms with Crippen molar-refractivity contribution in [3.63, 3.8) is 0 Å². The Balaban J connectivity index is 1.89. The molecular formula is C8H11ClN2OS. The molecule has 0 aromatic carbocycles. The molecule has 0 saturated carbocycles. The highest BCUT2D eigenvalue weighted by molar-refractivity contribution is 7.10. The maximum absolute atomic E-state index is 5.68. The molecule has 3 nitrogen and oxygen atoms in total. The molecule has 1 aliphatic rings. The lowest BCUT2D eigenvalue weighted by atomic mass is 10.1. The van der Waals surface area contributed by atoms with Gasteiger partial charge in [-0.15, -0.1) is 0 Å². The van der Waals surface area contributed by atoms with Crippen molar-refractivity contribution in [1.29, 1.82) is 0 Å². The molecule has 0 bridgehead atoms. The molecule has 0 aliphatic carbocycles. The summed E-state index contributed by atoms with van der Waals surface area (Å²) in [6.07, 6.45) is 4.67. The van der Waals surface area contributed by atoms with Gasteiger partial charge < -0.3 is 4.74 Å². The van der Waals surface area contributed by atoms with Gasteiger partial charge in [0.25, 0.3) is 0 Å². The summed E-state index contributed by atoms with van der Waals surface area (Å²) < 4.78 is 10.2. The van der Waals surface area contributed by atoms with Gasteiger partial charge in [-0.05, 0) is 42.4 Å². The van der Waals surface area contributed by atoms with Gasteiger partial charge in [0.05, 0.1) is 6.10 Å². The smallest absolute Gasteiger partial charge is 0.203 e. The molecule has 0 N–H and O–H groups in total. The van der Waals surface area contributed by atoms with Crippen LogP contribution in [0.25, 0.3) is 0 Å². The van der Waals surface area contributed by atoms with Crippen LogP contribution in [0.3, 0.4) is 0 Å². The summed E-state index contributed by atoms with van der Waals surface area (Å²) in [5.74, 6) is 0.821. The molecule has 1 fully saturated rings. The van der Waals surface area contributed by atoms with Crippen molar-refractivity contribution in [1.82, 2.24) is 9.36 Å². The third-order valence-electron chi connectivity index (χ3n) is 2.13. The second kappa shape index (κ2) is 4.35. The zero-order valence-electron chi connectivity index (χ0n) is 7.20. The van der Waals surface area contributed by atoms with E-state index in [-0.39, 0.29) is 0 Å². The summed E-state index contributed by atoms with van der Waals surface area (Å²) >= 11 is 6.92. The Morgan fingerprint density at radius 3 is 3.08 bits per heavy atom. The van der Waals surface area contributed by atoms with Gasteiger partial charge in [0.2, 0.25) is 4.47 Å². The average molecular weight is 219 g/mol. The van der Waals surface area contributed by atoms with Crippen molar-refractivity contribution in [2.45, 2.75) is 31.8 Å². The molecule has 2 rings (SSSR count). The third-order valence-corrected chi connectivity index (χ3v) is 2.96. The summed E-state index contributed by atoms with van der Waals surface area (Å²) in [5, 5.41) is 0. The molecule has 1 saturated heterocycles. The molecule has 0 amide bonds. The Morgan fingerprint density at radius 1 is 1.54 bits per heavy atom. The van der Waals surface area contributed by atoms with Gasteiger partial charge in [-0.3, -0.25) is 0 Å². The predicted molar refractivity (Wildman–Crippen MR) is 52.2 cm³/mol. The first-order valence-corrected chi connectivity index (χ1v) is 5.59. The molecule has 1 atom stereocenters. The number of aromatic nitrogens is 2. The Hall–Kier alpha value is -0.190. The topological polar surface area (TPSA) is 35.0 Å². The lowest BCUT2D eigenvalue weighted by Crippen LogP contribution is -2.21. The van der Waals surface area contributed by atoms with E-state index < -0.39 is 0 Å². The van der Waals surface area contributed by atoms with E-state index in [1.165, 1.54) is 24.4 Å². The van der Waals surface area contributed by atoms with E-state index in [1.807, 2.05) is 0 Å². The molecule has 1 aromatic rings. The standard InChI is InChI=1S/C8H11ClN2OS/c9-8-10-7(11-13-8)5-6-3-1-2-4-12-6/h6H,1-5H2. The van der Waals surface area contributed by atoms with E-state index in [1.54, 1.807) is 0 Å². The Kier molecular flexibility index (Phi) is 3.14. The number of halogens is 1. The first kappa shape index (κ1) is 9.37. The zero-order valence-corrected chi connectivity index (χ0v) is 8.77. The lowest BCUT2D eigenvalue weighted by Gasteiger charge is -2.21. The van der Waals surface area contributed by atoms with Gasteiger partial charge in [0.15, 0.2) is 0 Å². The predicted octanol–water partition coefficient (Wildman–Crippen LogP) is 2.30. The van der Waals surface area contributed by atoms with Crippen LogP contribution < -0.4 is 0 Å². The van der Waals surface area contributed by atoms with E-state index in [0.29, 0.717) is 10.6 Å². The summed E-state index contributed by atoms with van der Waals surface area (Å²) in [6.45, 7) is 0.878. The minimum atomic E-state index is 0.305. The Bertz CT molecular complexity index is 273. The van der Waals surface area contributed by atoms with Crippen molar-refractivity contribution in [2.24, 2.45) is 0 Å². The normalized spacial score (nSPS) is 23.3. The maximum Gasteiger partial charge on any atom is 0.203 e. The number of hydrogen-bond acceptors (Lipinski definition) is 4. The van der Waals surface area contributed by atoms with Gasteiger partial charge in [0.1, 0.15) is 5.82 Å². The zero-order chi connectivity index (χ0) is 9.10. The summed E-state index contributed by atoms with van der Waals surface area (Å²) in [5.41, 5.74) is 0. The fraction of sp³-hybridized carbons (Fsp3) is 0.750. The number of nitrogens with zero attached hydrogens (tertiary/aromatic N) is 2. The van der Waals surface area contributed by atoms with Gasteiger partial charge in [0, 0.05) is 13.0 Å². The quantitative estimate of drug-likeness (QED) is 0.764. The molecule has 13 heavy (non-hydrogen) atoms. The molecular weight excluding hydrogens is 208 g/mol. The summed E-state index contributed by atoms with van der Waals surface area (Å²) in [4.78, 5) is 4.10. The fourth-order valence-electron chi connectivity index (χ4n) is 1.49. The Labute approximate surface area is 86.3 Å². The molecule has 1 aromatic heterocycles. The van der Waals surface area contributed by atoms with Crippen LogP contribution in [-0.4, -0.2) is 22.1 Å². The first-order valence-electron chi connectivity index (χ1n) is 4.44. The third kappa shape index (κ3) is 2.62. The molecule has 1 unspecified atom stereocenters. The van der Waals surface area contributed by atoms with Crippen LogP contribution in [0, 0.1) is 0 Å². The number of rotatable bonds is 2. The van der Waals surface area contributed by atoms with Crippen molar-refractivity contribution < 1.29 is 4.74 Å². The number of ether oxygens (including phenoxy) is 1. The van der Waals surface area contributed by atoms with Crippen LogP contribution in [0.2, 0.25) is 4.47 Å². The van der Waals surface area contributed by atoms with E-state index in [9.17, 15) is 0 Å². The van der Waals surface area contributed by atoms with Crippen molar-refractivity contribution in [3.05, 3.63) is 10.3 Å². The molecule has 0 radical (unpaired) electrons. The van der Waals surface area contributed by atoms with Crippen LogP contribution >= 0.6 is 23.1 Å². The first-order chi connectivity index (χ1) is 6.34. The Morgan fingerprint density at radius 2 is 2.46 bits per heavy atom. The van der Waals surface area contributed by atoms with E-state index in [4.69, 9.17) is 16.3 Å². The van der Waals surface area contributed by atoms with Crippen molar-refractivity contribution in [3.8, 4) is 0 Å². The van der Waals surface area contributed by atoms with Crippen molar-refractivity contribution >= 4 is 23.1 Å². The van der Waals surface area contributed by atoms with Gasteiger partial charge in [-0.1, -0.05) is 0 Å². The summed E-state index contributed by atoms with van der Waals surface area (Å²) in [7, 11) is 0. The fourth-order valence-corrected chi connectivity index (χ4v) is 2.13. The van der Waals surface area contributed by atoms with E-state index in [0.717, 1.165) is 25.3 Å². The minimum Gasteiger partial charge on any atom is -0.378 e. The monoisotopic (exact) mass is 218 g/mol. The van der Waals surface area contributed by atoms with Gasteiger partial charge in [-0.2, -0.15) is 4.37 Å². The lowest BCUT2D eigenvalue weighted by molar-refractivity contribution is 0.0158. The van der Waals surface area contributed by atoms with Crippen LogP contribution in [0.15, 0.2) is 0 Å². The second-order valence-corrected chi connectivity index (χ2v) is 4.49. The van der Waals surface area contributed by atoms with Gasteiger partial charge in [-0.25, -0.2) is 4.98 Å². The van der Waals surface area contributed by atoms with E-state index in [2.05, 4.69) is 9.36 Å². The molecule has 0 spiro atoms. The van der Waals surface area contributed by atoms with Crippen LogP contribution in [0.1, 0.15) is 25.1 Å². The molecule has 1 aliphatic heterocycles. The highest BCUT2D eigenvalue weighted by atomic mass is 35.5.